The first-order valence-corrected chi connectivity index (χ1v) is 8.82. The summed E-state index contributed by atoms with van der Waals surface area (Å²) >= 11 is 6.06. The zero-order valence-electron chi connectivity index (χ0n) is 14.0. The number of nitrogens with zero attached hydrogens (tertiary/aromatic N) is 1. The second-order valence-corrected chi connectivity index (χ2v) is 7.14. The first-order valence-electron chi connectivity index (χ1n) is 8.44. The summed E-state index contributed by atoms with van der Waals surface area (Å²) in [5, 5.41) is 0.686. The van der Waals surface area contributed by atoms with E-state index in [4.69, 9.17) is 18.0 Å². The first kappa shape index (κ1) is 16.0. The van der Waals surface area contributed by atoms with Crippen LogP contribution in [0.15, 0.2) is 54.1 Å². The van der Waals surface area contributed by atoms with Crippen molar-refractivity contribution in [3.63, 3.8) is 0 Å². The van der Waals surface area contributed by atoms with E-state index in [1.54, 1.807) is 0 Å². The Kier molecular flexibility index (Phi) is 3.90. The number of fused-ring (bicyclic) bond motifs is 2. The average molecular weight is 348 g/mol. The van der Waals surface area contributed by atoms with E-state index in [1.165, 1.54) is 22.3 Å². The lowest BCUT2D eigenvalue weighted by Gasteiger charge is -2.41. The Bertz CT molecular complexity index is 920. The van der Waals surface area contributed by atoms with Crippen molar-refractivity contribution < 1.29 is 4.79 Å². The maximum Gasteiger partial charge on any atom is 0.299 e. The number of hydrogen-bond acceptors (Lipinski definition) is 1. The van der Waals surface area contributed by atoms with E-state index in [1.807, 2.05) is 29.2 Å². The van der Waals surface area contributed by atoms with Crippen molar-refractivity contribution in [3.05, 3.63) is 75.8 Å². The third kappa shape index (κ3) is 2.56. The van der Waals surface area contributed by atoms with Gasteiger partial charge < -0.3 is 4.90 Å². The zero-order chi connectivity index (χ0) is 17.6. The van der Waals surface area contributed by atoms with Gasteiger partial charge in [-0.25, -0.2) is 0 Å². The maximum atomic E-state index is 12.5. The Morgan fingerprint density at radius 3 is 2.64 bits per heavy atom. The third-order valence-electron chi connectivity index (χ3n) is 5.24. The summed E-state index contributed by atoms with van der Waals surface area (Å²) in [5.74, 6) is 2.06. The molecule has 0 fully saturated rings. The lowest BCUT2D eigenvalue weighted by molar-refractivity contribution is -0.129. The highest BCUT2D eigenvalue weighted by Crippen LogP contribution is 2.48. The minimum Gasteiger partial charge on any atom is -0.318 e. The monoisotopic (exact) mass is 347 g/mol. The first-order chi connectivity index (χ1) is 12.1. The largest absolute Gasteiger partial charge is 0.318 e. The summed E-state index contributed by atoms with van der Waals surface area (Å²) in [7, 11) is 0. The number of hydrogen-bond donors (Lipinski definition) is 0. The van der Waals surface area contributed by atoms with E-state index in [-0.39, 0.29) is 18.0 Å². The fourth-order valence-corrected chi connectivity index (χ4v) is 4.30. The molecule has 1 aliphatic heterocycles. The SMILES string of the molecule is C#CC(=O)N1[C@@H](c2ccc(Cl)cc2)C2=C(C[C@@H]1C)c1ccccc1C2. The lowest BCUT2D eigenvalue weighted by Crippen LogP contribution is -2.44. The number of amides is 1. The van der Waals surface area contributed by atoms with Crippen LogP contribution in [-0.4, -0.2) is 16.8 Å². The highest BCUT2D eigenvalue weighted by atomic mass is 35.5. The fraction of sp³-hybridized carbons (Fsp3) is 0.227. The molecule has 2 aromatic carbocycles. The van der Waals surface area contributed by atoms with Gasteiger partial charge >= 0.3 is 0 Å². The van der Waals surface area contributed by atoms with Gasteiger partial charge in [-0.2, -0.15) is 0 Å². The Hall–Kier alpha value is -2.50. The fourth-order valence-electron chi connectivity index (χ4n) is 4.17. The summed E-state index contributed by atoms with van der Waals surface area (Å²) in [5.41, 5.74) is 6.35. The normalized spacial score (nSPS) is 21.6. The van der Waals surface area contributed by atoms with Crippen molar-refractivity contribution in [1.82, 2.24) is 4.90 Å². The summed E-state index contributed by atoms with van der Waals surface area (Å²) in [4.78, 5) is 14.4. The molecule has 0 unspecified atom stereocenters. The molecule has 0 radical (unpaired) electrons. The number of halogens is 1. The van der Waals surface area contributed by atoms with Crippen LogP contribution in [0.3, 0.4) is 0 Å². The quantitative estimate of drug-likeness (QED) is 0.688. The molecule has 0 saturated carbocycles. The van der Waals surface area contributed by atoms with E-state index >= 15 is 0 Å². The molecule has 0 N–H and O–H groups in total. The molecule has 2 atom stereocenters. The Morgan fingerprint density at radius 1 is 1.20 bits per heavy atom. The van der Waals surface area contributed by atoms with Gasteiger partial charge in [0.15, 0.2) is 0 Å². The molecule has 124 valence electrons. The van der Waals surface area contributed by atoms with E-state index in [2.05, 4.69) is 37.1 Å². The van der Waals surface area contributed by atoms with Gasteiger partial charge in [0.25, 0.3) is 5.91 Å². The number of terminal acetylenes is 1. The van der Waals surface area contributed by atoms with E-state index in [0.29, 0.717) is 5.02 Å². The molecule has 0 spiro atoms. The lowest BCUT2D eigenvalue weighted by atomic mass is 9.85. The van der Waals surface area contributed by atoms with Crippen LogP contribution in [0.5, 0.6) is 0 Å². The third-order valence-corrected chi connectivity index (χ3v) is 5.49. The van der Waals surface area contributed by atoms with Gasteiger partial charge in [0, 0.05) is 11.1 Å². The smallest absolute Gasteiger partial charge is 0.299 e. The molecule has 0 bridgehead atoms. The Balaban J connectivity index is 1.88. The van der Waals surface area contributed by atoms with Gasteiger partial charge in [-0.3, -0.25) is 4.79 Å². The van der Waals surface area contributed by atoms with Gasteiger partial charge in [-0.15, -0.1) is 6.42 Å². The zero-order valence-corrected chi connectivity index (χ0v) is 14.8. The van der Waals surface area contributed by atoms with Crippen molar-refractivity contribution in [2.24, 2.45) is 0 Å². The van der Waals surface area contributed by atoms with Crippen LogP contribution < -0.4 is 0 Å². The van der Waals surface area contributed by atoms with Crippen LogP contribution >= 0.6 is 11.6 Å². The van der Waals surface area contributed by atoms with E-state index < -0.39 is 0 Å². The van der Waals surface area contributed by atoms with Crippen molar-refractivity contribution in [2.45, 2.75) is 31.8 Å². The van der Waals surface area contributed by atoms with Gasteiger partial charge in [0.05, 0.1) is 6.04 Å². The average Bonchev–Trinajstić information content (AvgIpc) is 2.99. The summed E-state index contributed by atoms with van der Waals surface area (Å²) in [6.07, 6.45) is 7.17. The molecule has 1 heterocycles. The number of benzene rings is 2. The van der Waals surface area contributed by atoms with Crippen LogP contribution in [0.2, 0.25) is 5.02 Å². The standard InChI is InChI=1S/C22H18ClNO/c1-3-21(25)24-14(2)12-19-18-7-5-4-6-16(18)13-20(19)22(24)15-8-10-17(23)11-9-15/h1,4-11,14,22H,12-13H2,2H3/t14-,22-/m0/s1. The Labute approximate surface area is 153 Å². The molecular weight excluding hydrogens is 330 g/mol. The van der Waals surface area contributed by atoms with Crippen molar-refractivity contribution in [3.8, 4) is 12.3 Å². The molecule has 1 amide bonds. The summed E-state index contributed by atoms with van der Waals surface area (Å²) in [6, 6.07) is 16.2. The molecule has 4 rings (SSSR count). The second kappa shape index (κ2) is 6.10. The molecule has 1 aliphatic carbocycles. The van der Waals surface area contributed by atoms with Gasteiger partial charge in [-0.1, -0.05) is 48.0 Å². The van der Waals surface area contributed by atoms with Crippen LogP contribution in [0.25, 0.3) is 5.57 Å². The van der Waals surface area contributed by atoms with Crippen molar-refractivity contribution in [1.29, 1.82) is 0 Å². The van der Waals surface area contributed by atoms with Crippen molar-refractivity contribution in [2.75, 3.05) is 0 Å². The van der Waals surface area contributed by atoms with Gasteiger partial charge in [-0.05, 0) is 65.7 Å². The minimum atomic E-state index is -0.255. The molecule has 0 saturated heterocycles. The van der Waals surface area contributed by atoms with Gasteiger partial charge in [0.1, 0.15) is 0 Å². The highest BCUT2D eigenvalue weighted by Gasteiger charge is 2.40. The van der Waals surface area contributed by atoms with E-state index in [9.17, 15) is 4.79 Å². The van der Waals surface area contributed by atoms with Crippen LogP contribution in [-0.2, 0) is 11.2 Å². The molecule has 25 heavy (non-hydrogen) atoms. The predicted octanol–water partition coefficient (Wildman–Crippen LogP) is 4.65. The number of carbonyl (C=O) groups excluding carboxylic acids is 1. The summed E-state index contributed by atoms with van der Waals surface area (Å²) in [6.45, 7) is 2.07. The minimum absolute atomic E-state index is 0.0501. The molecule has 2 nitrogen and oxygen atoms in total. The predicted molar refractivity (Wildman–Crippen MR) is 101 cm³/mol. The molecule has 3 heteroatoms. The van der Waals surface area contributed by atoms with Gasteiger partial charge in [0.2, 0.25) is 0 Å². The molecule has 0 aromatic heterocycles. The Morgan fingerprint density at radius 2 is 1.92 bits per heavy atom. The molecular formula is C22H18ClNO. The van der Waals surface area contributed by atoms with Crippen molar-refractivity contribution >= 4 is 23.1 Å². The van der Waals surface area contributed by atoms with Crippen LogP contribution in [0.4, 0.5) is 0 Å². The molecule has 2 aromatic rings. The van der Waals surface area contributed by atoms with E-state index in [0.717, 1.165) is 18.4 Å². The van der Waals surface area contributed by atoms with Crippen LogP contribution in [0.1, 0.15) is 36.1 Å². The number of carbonyl (C=O) groups is 1. The summed E-state index contributed by atoms with van der Waals surface area (Å²) < 4.78 is 0. The second-order valence-electron chi connectivity index (χ2n) is 6.70. The maximum absolute atomic E-state index is 12.5. The highest BCUT2D eigenvalue weighted by molar-refractivity contribution is 6.30. The molecule has 2 aliphatic rings. The number of rotatable bonds is 1. The van der Waals surface area contributed by atoms with Crippen LogP contribution in [0, 0.1) is 12.3 Å². The topological polar surface area (TPSA) is 20.3 Å².